The Labute approximate surface area is 123 Å². The third-order valence-corrected chi connectivity index (χ3v) is 4.58. The number of hydrogen-bond acceptors (Lipinski definition) is 6. The largest absolute Gasteiger partial charge is 0.353 e. The van der Waals surface area contributed by atoms with Crippen molar-refractivity contribution in [1.29, 1.82) is 0 Å². The number of hydrogen-bond donors (Lipinski definition) is 2. The van der Waals surface area contributed by atoms with Gasteiger partial charge < -0.3 is 4.90 Å². The van der Waals surface area contributed by atoms with Gasteiger partial charge in [-0.05, 0) is 32.3 Å². The summed E-state index contributed by atoms with van der Waals surface area (Å²) in [5.41, 5.74) is 2.60. The zero-order valence-electron chi connectivity index (χ0n) is 12.0. The molecular weight excluding hydrogens is 270 g/mol. The molecule has 0 atom stereocenters. The van der Waals surface area contributed by atoms with E-state index in [2.05, 4.69) is 40.2 Å². The third kappa shape index (κ3) is 2.58. The van der Waals surface area contributed by atoms with Gasteiger partial charge in [-0.2, -0.15) is 4.98 Å². The van der Waals surface area contributed by atoms with Crippen molar-refractivity contribution >= 4 is 33.3 Å². The molecule has 0 aromatic carbocycles. The van der Waals surface area contributed by atoms with Gasteiger partial charge in [0.25, 0.3) is 0 Å². The normalized spacial score (nSPS) is 14.8. The van der Waals surface area contributed by atoms with Gasteiger partial charge in [0.2, 0.25) is 5.95 Å². The monoisotopic (exact) mass is 291 g/mol. The summed E-state index contributed by atoms with van der Waals surface area (Å²) in [5, 5.41) is 1.16. The van der Waals surface area contributed by atoms with Crippen molar-refractivity contribution in [2.24, 2.45) is 5.84 Å². The predicted octanol–water partition coefficient (Wildman–Crippen LogP) is 3.05. The molecule has 3 rings (SSSR count). The first kappa shape index (κ1) is 13.6. The highest BCUT2D eigenvalue weighted by molar-refractivity contribution is 7.18. The zero-order valence-corrected chi connectivity index (χ0v) is 12.8. The maximum absolute atomic E-state index is 5.52. The molecule has 0 unspecified atom stereocenters. The smallest absolute Gasteiger partial charge is 0.240 e. The molecular formula is C14H21N5S. The summed E-state index contributed by atoms with van der Waals surface area (Å²) in [4.78, 5) is 13.8. The van der Waals surface area contributed by atoms with Crippen molar-refractivity contribution in [2.75, 3.05) is 16.9 Å². The summed E-state index contributed by atoms with van der Waals surface area (Å²) in [6, 6.07) is 2.84. The molecule has 6 heteroatoms. The van der Waals surface area contributed by atoms with E-state index in [0.29, 0.717) is 12.0 Å². The molecule has 20 heavy (non-hydrogen) atoms. The maximum Gasteiger partial charge on any atom is 0.240 e. The van der Waals surface area contributed by atoms with Crippen LogP contribution in [0, 0.1) is 6.92 Å². The highest BCUT2D eigenvalue weighted by atomic mass is 32.1. The van der Waals surface area contributed by atoms with E-state index < -0.39 is 0 Å². The first-order chi connectivity index (χ1) is 9.72. The van der Waals surface area contributed by atoms with Crippen molar-refractivity contribution in [3.05, 3.63) is 10.9 Å². The van der Waals surface area contributed by atoms with E-state index in [4.69, 9.17) is 5.84 Å². The molecule has 1 saturated carbocycles. The fourth-order valence-electron chi connectivity index (χ4n) is 2.49. The Hall–Kier alpha value is -1.40. The Kier molecular flexibility index (Phi) is 3.76. The SMILES string of the molecule is CCCCN(c1nc(NN)nc2sc(C)cc12)C1CC1. The molecule has 1 aliphatic carbocycles. The molecule has 0 saturated heterocycles. The van der Waals surface area contributed by atoms with Crippen LogP contribution in [0.4, 0.5) is 11.8 Å². The number of unbranched alkanes of at least 4 members (excludes halogenated alkanes) is 1. The molecule has 3 N–H and O–H groups in total. The number of hydrazine groups is 1. The molecule has 1 fully saturated rings. The number of nitrogens with zero attached hydrogens (tertiary/aromatic N) is 3. The third-order valence-electron chi connectivity index (χ3n) is 3.64. The van der Waals surface area contributed by atoms with E-state index in [1.807, 2.05) is 0 Å². The molecule has 2 aromatic heterocycles. The summed E-state index contributed by atoms with van der Waals surface area (Å²) in [6.45, 7) is 5.40. The average molecular weight is 291 g/mol. The summed E-state index contributed by atoms with van der Waals surface area (Å²) < 4.78 is 0. The zero-order chi connectivity index (χ0) is 14.1. The van der Waals surface area contributed by atoms with Crippen LogP contribution < -0.4 is 16.2 Å². The molecule has 2 heterocycles. The van der Waals surface area contributed by atoms with Crippen LogP contribution in [0.2, 0.25) is 0 Å². The molecule has 1 aliphatic rings. The van der Waals surface area contributed by atoms with E-state index in [1.165, 1.54) is 30.6 Å². The first-order valence-corrected chi connectivity index (χ1v) is 8.06. The van der Waals surface area contributed by atoms with Gasteiger partial charge >= 0.3 is 0 Å². The molecule has 108 valence electrons. The minimum atomic E-state index is 0.511. The Morgan fingerprint density at radius 2 is 2.25 bits per heavy atom. The summed E-state index contributed by atoms with van der Waals surface area (Å²) in [6.07, 6.45) is 4.92. The van der Waals surface area contributed by atoms with Crippen molar-refractivity contribution < 1.29 is 0 Å². The molecule has 0 bridgehead atoms. The molecule has 0 radical (unpaired) electrons. The lowest BCUT2D eigenvalue weighted by Crippen LogP contribution is -2.28. The minimum Gasteiger partial charge on any atom is -0.353 e. The first-order valence-electron chi connectivity index (χ1n) is 7.24. The van der Waals surface area contributed by atoms with E-state index in [-0.39, 0.29) is 0 Å². The van der Waals surface area contributed by atoms with Gasteiger partial charge in [-0.1, -0.05) is 13.3 Å². The highest BCUT2D eigenvalue weighted by Crippen LogP contribution is 2.37. The van der Waals surface area contributed by atoms with Crippen LogP contribution in [0.3, 0.4) is 0 Å². The van der Waals surface area contributed by atoms with Crippen LogP contribution in [-0.2, 0) is 0 Å². The van der Waals surface area contributed by atoms with Crippen LogP contribution in [0.25, 0.3) is 10.2 Å². The van der Waals surface area contributed by atoms with Gasteiger partial charge in [0.15, 0.2) is 0 Å². The number of nitrogens with one attached hydrogen (secondary N) is 1. The standard InChI is InChI=1S/C14H21N5S/c1-3-4-7-19(10-5-6-10)12-11-8-9(2)20-13(11)17-14(16-12)18-15/h8,10H,3-7,15H2,1-2H3,(H,16,17,18). The average Bonchev–Trinajstić information content (AvgIpc) is 3.20. The summed E-state index contributed by atoms with van der Waals surface area (Å²) >= 11 is 1.70. The van der Waals surface area contributed by atoms with E-state index in [9.17, 15) is 0 Å². The number of aryl methyl sites for hydroxylation is 1. The fourth-order valence-corrected chi connectivity index (χ4v) is 3.36. The second kappa shape index (κ2) is 5.54. The Bertz CT molecular complexity index is 605. The summed E-state index contributed by atoms with van der Waals surface area (Å²) in [5.74, 6) is 7.07. The van der Waals surface area contributed by atoms with Crippen LogP contribution in [0.5, 0.6) is 0 Å². The van der Waals surface area contributed by atoms with Gasteiger partial charge in [0.05, 0.1) is 5.39 Å². The highest BCUT2D eigenvalue weighted by Gasteiger charge is 2.31. The molecule has 5 nitrogen and oxygen atoms in total. The lowest BCUT2D eigenvalue weighted by molar-refractivity contribution is 0.707. The lowest BCUT2D eigenvalue weighted by atomic mass is 10.2. The number of nitrogen functional groups attached to an aromatic ring is 1. The Balaban J connectivity index is 2.06. The maximum atomic E-state index is 5.52. The van der Waals surface area contributed by atoms with E-state index >= 15 is 0 Å². The molecule has 2 aromatic rings. The lowest BCUT2D eigenvalue weighted by Gasteiger charge is -2.24. The van der Waals surface area contributed by atoms with Crippen LogP contribution in [0.1, 0.15) is 37.5 Å². The summed E-state index contributed by atoms with van der Waals surface area (Å²) in [7, 11) is 0. The number of rotatable bonds is 6. The quantitative estimate of drug-likeness (QED) is 0.632. The second-order valence-corrected chi connectivity index (χ2v) is 6.60. The number of fused-ring (bicyclic) bond motifs is 1. The number of nitrogens with two attached hydrogens (primary N) is 1. The number of thiophene rings is 1. The van der Waals surface area contributed by atoms with Gasteiger partial charge in [0.1, 0.15) is 10.6 Å². The van der Waals surface area contributed by atoms with Crippen molar-refractivity contribution in [1.82, 2.24) is 9.97 Å². The minimum absolute atomic E-state index is 0.511. The predicted molar refractivity (Wildman–Crippen MR) is 85.2 cm³/mol. The van der Waals surface area contributed by atoms with E-state index in [1.54, 1.807) is 11.3 Å². The van der Waals surface area contributed by atoms with Crippen LogP contribution in [0.15, 0.2) is 6.07 Å². The fraction of sp³-hybridized carbons (Fsp3) is 0.571. The molecule has 0 amide bonds. The van der Waals surface area contributed by atoms with Gasteiger partial charge in [-0.15, -0.1) is 11.3 Å². The van der Waals surface area contributed by atoms with E-state index in [0.717, 1.165) is 22.6 Å². The Morgan fingerprint density at radius 3 is 2.90 bits per heavy atom. The number of aromatic nitrogens is 2. The van der Waals surface area contributed by atoms with Crippen molar-refractivity contribution in [3.63, 3.8) is 0 Å². The van der Waals surface area contributed by atoms with Crippen LogP contribution in [-0.4, -0.2) is 22.6 Å². The Morgan fingerprint density at radius 1 is 1.45 bits per heavy atom. The molecule has 0 spiro atoms. The molecule has 0 aliphatic heterocycles. The van der Waals surface area contributed by atoms with Crippen molar-refractivity contribution in [2.45, 2.75) is 45.6 Å². The van der Waals surface area contributed by atoms with Gasteiger partial charge in [0, 0.05) is 17.5 Å². The van der Waals surface area contributed by atoms with Gasteiger partial charge in [-0.25, -0.2) is 10.8 Å². The topological polar surface area (TPSA) is 67.1 Å². The number of anilines is 2. The van der Waals surface area contributed by atoms with Gasteiger partial charge in [-0.3, -0.25) is 5.43 Å². The second-order valence-electron chi connectivity index (χ2n) is 5.37. The van der Waals surface area contributed by atoms with Crippen LogP contribution >= 0.6 is 11.3 Å². The van der Waals surface area contributed by atoms with Crippen molar-refractivity contribution in [3.8, 4) is 0 Å².